The standard InChI is InChI=1S/C25H36N4O5/c1-9-29(21(22(31)27-15(2)3)18-11-10-16(4)14-17(18)5)23(32)19(12-13-20(26)30)28-24(33)34-25(6,7)8/h1,10-11,14-15,19,21H,12-13H2,2-8H3,(H2,26,30)(H,27,31)(H,28,33). The summed E-state index contributed by atoms with van der Waals surface area (Å²) >= 11 is 0. The molecule has 0 saturated carbocycles. The zero-order valence-electron chi connectivity index (χ0n) is 21.0. The highest BCUT2D eigenvalue weighted by molar-refractivity contribution is 5.93. The van der Waals surface area contributed by atoms with E-state index < -0.39 is 41.5 Å². The van der Waals surface area contributed by atoms with Crippen LogP contribution in [0, 0.1) is 26.3 Å². The quantitative estimate of drug-likeness (QED) is 0.375. The van der Waals surface area contributed by atoms with Gasteiger partial charge >= 0.3 is 6.09 Å². The number of nitrogens with two attached hydrogens (primary N) is 1. The molecule has 0 saturated heterocycles. The van der Waals surface area contributed by atoms with Gasteiger partial charge in [-0.15, -0.1) is 0 Å². The van der Waals surface area contributed by atoms with Gasteiger partial charge in [-0.2, -0.15) is 0 Å². The number of primary amides is 1. The van der Waals surface area contributed by atoms with Gasteiger partial charge in [0.1, 0.15) is 17.7 Å². The van der Waals surface area contributed by atoms with Gasteiger partial charge in [-0.3, -0.25) is 19.3 Å². The van der Waals surface area contributed by atoms with Crippen LogP contribution in [0.4, 0.5) is 4.79 Å². The summed E-state index contributed by atoms with van der Waals surface area (Å²) in [7, 11) is 0. The number of benzene rings is 1. The maximum absolute atomic E-state index is 13.6. The van der Waals surface area contributed by atoms with Gasteiger partial charge in [0, 0.05) is 18.5 Å². The third kappa shape index (κ3) is 8.77. The summed E-state index contributed by atoms with van der Waals surface area (Å²) in [5, 5.41) is 5.27. The number of alkyl carbamates (subject to hydrolysis) is 1. The lowest BCUT2D eigenvalue weighted by Gasteiger charge is -2.31. The van der Waals surface area contributed by atoms with E-state index in [-0.39, 0.29) is 18.9 Å². The van der Waals surface area contributed by atoms with Crippen molar-refractivity contribution < 1.29 is 23.9 Å². The Morgan fingerprint density at radius 2 is 1.76 bits per heavy atom. The van der Waals surface area contributed by atoms with E-state index in [1.54, 1.807) is 40.7 Å². The third-order valence-corrected chi connectivity index (χ3v) is 4.70. The second-order valence-electron chi connectivity index (χ2n) is 9.47. The Hall–Kier alpha value is -3.54. The number of aryl methyl sites for hydroxylation is 2. The maximum Gasteiger partial charge on any atom is 0.408 e. The van der Waals surface area contributed by atoms with E-state index in [1.165, 1.54) is 0 Å². The first-order chi connectivity index (χ1) is 15.7. The Kier molecular flexibility index (Phi) is 10.1. The molecule has 2 unspecified atom stereocenters. The molecule has 0 spiro atoms. The van der Waals surface area contributed by atoms with E-state index in [2.05, 4.69) is 16.7 Å². The highest BCUT2D eigenvalue weighted by Gasteiger charge is 2.36. The minimum atomic E-state index is -1.24. The number of carbonyl (C=O) groups is 4. The van der Waals surface area contributed by atoms with E-state index in [1.807, 2.05) is 26.0 Å². The molecule has 0 aliphatic heterocycles. The molecule has 1 rings (SSSR count). The molecule has 0 bridgehead atoms. The minimum absolute atomic E-state index is 0.114. The molecule has 4 amide bonds. The SMILES string of the molecule is C#CN(C(=O)C(CCC(N)=O)NC(=O)OC(C)(C)C)C(C(=O)NC(C)C)c1ccc(C)cc1C. The van der Waals surface area contributed by atoms with E-state index in [0.717, 1.165) is 16.0 Å². The largest absolute Gasteiger partial charge is 0.444 e. The van der Waals surface area contributed by atoms with E-state index in [4.69, 9.17) is 16.9 Å². The Morgan fingerprint density at radius 3 is 2.24 bits per heavy atom. The van der Waals surface area contributed by atoms with Crippen molar-refractivity contribution in [2.75, 3.05) is 0 Å². The molecule has 0 fully saturated rings. The third-order valence-electron chi connectivity index (χ3n) is 4.70. The molecule has 4 N–H and O–H groups in total. The van der Waals surface area contributed by atoms with Crippen molar-refractivity contribution in [3.63, 3.8) is 0 Å². The molecule has 34 heavy (non-hydrogen) atoms. The van der Waals surface area contributed by atoms with Crippen LogP contribution in [0.2, 0.25) is 0 Å². The first-order valence-corrected chi connectivity index (χ1v) is 11.1. The molecule has 1 aromatic carbocycles. The molecular weight excluding hydrogens is 436 g/mol. The fourth-order valence-corrected chi connectivity index (χ4v) is 3.32. The number of nitrogens with one attached hydrogen (secondary N) is 2. The van der Waals surface area contributed by atoms with Gasteiger partial charge in [-0.1, -0.05) is 30.2 Å². The van der Waals surface area contributed by atoms with Gasteiger partial charge in [0.15, 0.2) is 0 Å². The number of carbonyl (C=O) groups excluding carboxylic acids is 4. The number of terminal acetylenes is 1. The maximum atomic E-state index is 13.6. The lowest BCUT2D eigenvalue weighted by atomic mass is 9.96. The van der Waals surface area contributed by atoms with Crippen LogP contribution in [0.5, 0.6) is 0 Å². The van der Waals surface area contributed by atoms with Crippen LogP contribution in [0.15, 0.2) is 18.2 Å². The highest BCUT2D eigenvalue weighted by Crippen LogP contribution is 2.26. The summed E-state index contributed by atoms with van der Waals surface area (Å²) in [6.07, 6.45) is 4.57. The van der Waals surface area contributed by atoms with Gasteiger partial charge in [0.25, 0.3) is 5.91 Å². The molecule has 1 aromatic rings. The Bertz CT molecular complexity index is 959. The number of nitrogens with zero attached hydrogens (tertiary/aromatic N) is 1. The molecule has 2 atom stereocenters. The number of ether oxygens (including phenoxy) is 1. The number of hydrogen-bond donors (Lipinski definition) is 3. The molecule has 0 radical (unpaired) electrons. The van der Waals surface area contributed by atoms with E-state index in [0.29, 0.717) is 5.56 Å². The number of amides is 4. The topological polar surface area (TPSA) is 131 Å². The van der Waals surface area contributed by atoms with Gasteiger partial charge in [0.05, 0.1) is 0 Å². The predicted molar refractivity (Wildman–Crippen MR) is 129 cm³/mol. The molecule has 9 nitrogen and oxygen atoms in total. The lowest BCUT2D eigenvalue weighted by molar-refractivity contribution is -0.139. The zero-order chi connectivity index (χ0) is 26.2. The molecule has 0 heterocycles. The van der Waals surface area contributed by atoms with E-state index in [9.17, 15) is 19.2 Å². The Morgan fingerprint density at radius 1 is 1.15 bits per heavy atom. The van der Waals surface area contributed by atoms with Crippen molar-refractivity contribution in [1.29, 1.82) is 0 Å². The highest BCUT2D eigenvalue weighted by atomic mass is 16.6. The molecular formula is C25H36N4O5. The monoisotopic (exact) mass is 472 g/mol. The molecule has 9 heteroatoms. The Labute approximate surface area is 201 Å². The summed E-state index contributed by atoms with van der Waals surface area (Å²) in [6.45, 7) is 12.3. The molecule has 0 aliphatic carbocycles. The van der Waals surface area contributed by atoms with Crippen molar-refractivity contribution in [3.05, 3.63) is 34.9 Å². The summed E-state index contributed by atoms with van der Waals surface area (Å²) in [6, 6.07) is 5.15. The van der Waals surface area contributed by atoms with Crippen LogP contribution in [0.1, 0.15) is 70.2 Å². The molecule has 0 aliphatic rings. The van der Waals surface area contributed by atoms with Crippen LogP contribution in [0.3, 0.4) is 0 Å². The summed E-state index contributed by atoms with van der Waals surface area (Å²) < 4.78 is 5.25. The van der Waals surface area contributed by atoms with Crippen LogP contribution >= 0.6 is 0 Å². The predicted octanol–water partition coefficient (Wildman–Crippen LogP) is 2.45. The number of rotatable bonds is 9. The average Bonchev–Trinajstić information content (AvgIpc) is 2.67. The van der Waals surface area contributed by atoms with Gasteiger partial charge in [0.2, 0.25) is 11.8 Å². The van der Waals surface area contributed by atoms with Gasteiger partial charge < -0.3 is 21.1 Å². The summed E-state index contributed by atoms with van der Waals surface area (Å²) in [5.74, 6) is -1.86. The van der Waals surface area contributed by atoms with Crippen LogP contribution in [-0.2, 0) is 19.1 Å². The fraction of sp³-hybridized carbons (Fsp3) is 0.520. The first kappa shape index (κ1) is 28.5. The summed E-state index contributed by atoms with van der Waals surface area (Å²) in [5.41, 5.74) is 6.74. The van der Waals surface area contributed by atoms with Crippen molar-refractivity contribution >= 4 is 23.8 Å². The van der Waals surface area contributed by atoms with Gasteiger partial charge in [-0.25, -0.2) is 4.79 Å². The molecule has 0 aromatic heterocycles. The van der Waals surface area contributed by atoms with Crippen molar-refractivity contribution in [1.82, 2.24) is 15.5 Å². The average molecular weight is 473 g/mol. The smallest absolute Gasteiger partial charge is 0.408 e. The van der Waals surface area contributed by atoms with Crippen molar-refractivity contribution in [2.45, 2.75) is 85.0 Å². The number of hydrogen-bond acceptors (Lipinski definition) is 5. The van der Waals surface area contributed by atoms with Crippen LogP contribution < -0.4 is 16.4 Å². The lowest BCUT2D eigenvalue weighted by Crippen LogP contribution is -2.52. The van der Waals surface area contributed by atoms with Crippen LogP contribution in [-0.4, -0.2) is 46.4 Å². The Balaban J connectivity index is 3.44. The zero-order valence-corrected chi connectivity index (χ0v) is 21.0. The molecule has 186 valence electrons. The second kappa shape index (κ2) is 12.1. The van der Waals surface area contributed by atoms with Crippen molar-refractivity contribution in [3.8, 4) is 12.5 Å². The summed E-state index contributed by atoms with van der Waals surface area (Å²) in [4.78, 5) is 51.5. The van der Waals surface area contributed by atoms with Gasteiger partial charge in [-0.05, 0) is 66.0 Å². The fourth-order valence-electron chi connectivity index (χ4n) is 3.32. The second-order valence-corrected chi connectivity index (χ2v) is 9.47. The normalized spacial score (nSPS) is 12.8. The van der Waals surface area contributed by atoms with Crippen LogP contribution in [0.25, 0.3) is 0 Å². The first-order valence-electron chi connectivity index (χ1n) is 11.1. The van der Waals surface area contributed by atoms with E-state index >= 15 is 0 Å². The minimum Gasteiger partial charge on any atom is -0.444 e. The van der Waals surface area contributed by atoms with Crippen molar-refractivity contribution in [2.24, 2.45) is 5.73 Å².